The van der Waals surface area contributed by atoms with E-state index in [4.69, 9.17) is 4.74 Å². The van der Waals surface area contributed by atoms with Crippen molar-refractivity contribution in [3.8, 4) is 5.75 Å². The average Bonchev–Trinajstić information content (AvgIpc) is 2.64. The van der Waals surface area contributed by atoms with Crippen LogP contribution >= 0.6 is 0 Å². The molecule has 1 N–H and O–H groups in total. The number of rotatable bonds is 4. The molecular weight excluding hydrogens is 280 g/mol. The molecule has 0 radical (unpaired) electrons. The first-order chi connectivity index (χ1) is 10.5. The minimum absolute atomic E-state index is 0.0317. The molecule has 1 saturated heterocycles. The summed E-state index contributed by atoms with van der Waals surface area (Å²) < 4.78 is 5.77. The van der Waals surface area contributed by atoms with Crippen molar-refractivity contribution < 1.29 is 14.3 Å². The van der Waals surface area contributed by atoms with Crippen LogP contribution < -0.4 is 10.1 Å². The molecule has 0 aromatic heterocycles. The number of amides is 2. The van der Waals surface area contributed by atoms with Gasteiger partial charge in [0.05, 0.1) is 13.0 Å². The fourth-order valence-electron chi connectivity index (χ4n) is 2.70. The molecule has 1 aromatic rings. The lowest BCUT2D eigenvalue weighted by molar-refractivity contribution is -0.139. The highest BCUT2D eigenvalue weighted by molar-refractivity contribution is 5.87. The molecular formula is C17H24N2O3. The number of hydrogen-bond acceptors (Lipinski definition) is 3. The van der Waals surface area contributed by atoms with Crippen LogP contribution in [-0.2, 0) is 9.59 Å². The van der Waals surface area contributed by atoms with Crippen molar-refractivity contribution in [1.82, 2.24) is 10.2 Å². The molecule has 0 saturated carbocycles. The molecule has 2 rings (SSSR count). The number of para-hydroxylation sites is 1. The molecule has 120 valence electrons. The SMILES string of the molecule is Cc1cccc(C)c1OCCC(=O)N1CCCNC(=O)[C@@H]1C. The largest absolute Gasteiger partial charge is 0.493 e. The Morgan fingerprint density at radius 1 is 1.36 bits per heavy atom. The van der Waals surface area contributed by atoms with Gasteiger partial charge in [0, 0.05) is 13.1 Å². The second-order valence-electron chi connectivity index (χ2n) is 5.73. The number of ether oxygens (including phenoxy) is 1. The van der Waals surface area contributed by atoms with Crippen molar-refractivity contribution in [2.24, 2.45) is 0 Å². The van der Waals surface area contributed by atoms with Gasteiger partial charge in [-0.05, 0) is 38.3 Å². The monoisotopic (exact) mass is 304 g/mol. The third-order valence-corrected chi connectivity index (χ3v) is 4.01. The standard InChI is InChI=1S/C17H24N2O3/c1-12-6-4-7-13(2)16(12)22-11-8-15(20)19-10-5-9-18-17(21)14(19)3/h4,6-7,14H,5,8-11H2,1-3H3,(H,18,21)/t14-/m0/s1. The molecule has 2 amide bonds. The number of carbonyl (C=O) groups is 2. The lowest BCUT2D eigenvalue weighted by Gasteiger charge is -2.25. The maximum absolute atomic E-state index is 12.3. The first-order valence-electron chi connectivity index (χ1n) is 7.77. The van der Waals surface area contributed by atoms with E-state index in [-0.39, 0.29) is 18.2 Å². The van der Waals surface area contributed by atoms with E-state index in [2.05, 4.69) is 5.32 Å². The van der Waals surface area contributed by atoms with Gasteiger partial charge in [0.25, 0.3) is 0 Å². The third-order valence-electron chi connectivity index (χ3n) is 4.01. The van der Waals surface area contributed by atoms with Gasteiger partial charge in [-0.25, -0.2) is 0 Å². The predicted molar refractivity (Wildman–Crippen MR) is 84.8 cm³/mol. The topological polar surface area (TPSA) is 58.6 Å². The van der Waals surface area contributed by atoms with Crippen molar-refractivity contribution in [1.29, 1.82) is 0 Å². The van der Waals surface area contributed by atoms with Crippen LogP contribution in [0.25, 0.3) is 0 Å². The molecule has 1 fully saturated rings. The predicted octanol–water partition coefficient (Wildman–Crippen LogP) is 1.81. The van der Waals surface area contributed by atoms with Crippen molar-refractivity contribution in [3.63, 3.8) is 0 Å². The molecule has 1 atom stereocenters. The molecule has 1 aromatic carbocycles. The average molecular weight is 304 g/mol. The highest BCUT2D eigenvalue weighted by Crippen LogP contribution is 2.22. The van der Waals surface area contributed by atoms with Crippen LogP contribution in [0.4, 0.5) is 0 Å². The number of benzene rings is 1. The summed E-state index contributed by atoms with van der Waals surface area (Å²) in [5, 5.41) is 2.81. The van der Waals surface area contributed by atoms with E-state index in [0.717, 1.165) is 23.3 Å². The van der Waals surface area contributed by atoms with Crippen LogP contribution in [0.3, 0.4) is 0 Å². The van der Waals surface area contributed by atoms with Gasteiger partial charge >= 0.3 is 0 Å². The van der Waals surface area contributed by atoms with Gasteiger partial charge in [-0.3, -0.25) is 9.59 Å². The molecule has 1 aliphatic heterocycles. The number of aryl methyl sites for hydroxylation is 2. The molecule has 22 heavy (non-hydrogen) atoms. The Morgan fingerprint density at radius 2 is 2.05 bits per heavy atom. The van der Waals surface area contributed by atoms with Crippen molar-refractivity contribution in [2.45, 2.75) is 39.7 Å². The van der Waals surface area contributed by atoms with E-state index in [1.54, 1.807) is 11.8 Å². The first kappa shape index (κ1) is 16.3. The second kappa shape index (κ2) is 7.29. The summed E-state index contributed by atoms with van der Waals surface area (Å²) in [5.74, 6) is 0.731. The summed E-state index contributed by atoms with van der Waals surface area (Å²) in [7, 11) is 0. The van der Waals surface area contributed by atoms with Crippen LogP contribution in [0.2, 0.25) is 0 Å². The molecule has 1 heterocycles. The summed E-state index contributed by atoms with van der Waals surface area (Å²) in [6, 6.07) is 5.56. The Bertz CT molecular complexity index is 537. The molecule has 5 nitrogen and oxygen atoms in total. The van der Waals surface area contributed by atoms with Gasteiger partial charge in [0.1, 0.15) is 11.8 Å². The van der Waals surface area contributed by atoms with E-state index >= 15 is 0 Å². The fourth-order valence-corrected chi connectivity index (χ4v) is 2.70. The molecule has 0 aliphatic carbocycles. The number of nitrogens with one attached hydrogen (secondary N) is 1. The lowest BCUT2D eigenvalue weighted by Crippen LogP contribution is -2.45. The summed E-state index contributed by atoms with van der Waals surface area (Å²) in [4.78, 5) is 25.8. The van der Waals surface area contributed by atoms with E-state index in [0.29, 0.717) is 19.7 Å². The second-order valence-corrected chi connectivity index (χ2v) is 5.73. The van der Waals surface area contributed by atoms with Gasteiger partial charge in [-0.1, -0.05) is 18.2 Å². The Morgan fingerprint density at radius 3 is 2.73 bits per heavy atom. The van der Waals surface area contributed by atoms with Gasteiger partial charge in [-0.2, -0.15) is 0 Å². The zero-order valence-corrected chi connectivity index (χ0v) is 13.5. The highest BCUT2D eigenvalue weighted by atomic mass is 16.5. The van der Waals surface area contributed by atoms with E-state index in [9.17, 15) is 9.59 Å². The lowest BCUT2D eigenvalue weighted by atomic mass is 10.1. The Balaban J connectivity index is 1.91. The number of hydrogen-bond donors (Lipinski definition) is 1. The van der Waals surface area contributed by atoms with E-state index in [1.165, 1.54) is 0 Å². The third kappa shape index (κ3) is 3.78. The van der Waals surface area contributed by atoms with Crippen LogP contribution in [0.1, 0.15) is 30.9 Å². The zero-order chi connectivity index (χ0) is 16.1. The van der Waals surface area contributed by atoms with Gasteiger partial charge in [0.15, 0.2) is 0 Å². The summed E-state index contributed by atoms with van der Waals surface area (Å²) >= 11 is 0. The number of carbonyl (C=O) groups excluding carboxylic acids is 2. The molecule has 0 bridgehead atoms. The van der Waals surface area contributed by atoms with Gasteiger partial charge in [-0.15, -0.1) is 0 Å². The molecule has 0 spiro atoms. The summed E-state index contributed by atoms with van der Waals surface area (Å²) in [5.41, 5.74) is 2.13. The Hall–Kier alpha value is -2.04. The van der Waals surface area contributed by atoms with Gasteiger partial charge < -0.3 is 15.0 Å². The maximum atomic E-state index is 12.3. The first-order valence-corrected chi connectivity index (χ1v) is 7.77. The molecule has 5 heteroatoms. The molecule has 0 unspecified atom stereocenters. The van der Waals surface area contributed by atoms with E-state index < -0.39 is 6.04 Å². The van der Waals surface area contributed by atoms with Crippen LogP contribution in [0.15, 0.2) is 18.2 Å². The normalized spacial score (nSPS) is 18.6. The summed E-state index contributed by atoms with van der Waals surface area (Å²) in [6.45, 7) is 7.32. The maximum Gasteiger partial charge on any atom is 0.242 e. The summed E-state index contributed by atoms with van der Waals surface area (Å²) in [6.07, 6.45) is 1.07. The van der Waals surface area contributed by atoms with Crippen LogP contribution in [0, 0.1) is 13.8 Å². The van der Waals surface area contributed by atoms with Crippen LogP contribution in [0.5, 0.6) is 5.75 Å². The highest BCUT2D eigenvalue weighted by Gasteiger charge is 2.27. The van der Waals surface area contributed by atoms with E-state index in [1.807, 2.05) is 32.0 Å². The van der Waals surface area contributed by atoms with Crippen molar-refractivity contribution in [3.05, 3.63) is 29.3 Å². The smallest absolute Gasteiger partial charge is 0.242 e. The Labute approximate surface area is 131 Å². The Kier molecular flexibility index (Phi) is 5.41. The molecule has 1 aliphatic rings. The minimum Gasteiger partial charge on any atom is -0.493 e. The minimum atomic E-state index is -0.407. The zero-order valence-electron chi connectivity index (χ0n) is 13.5. The van der Waals surface area contributed by atoms with Crippen molar-refractivity contribution >= 4 is 11.8 Å². The van der Waals surface area contributed by atoms with Crippen LogP contribution in [-0.4, -0.2) is 42.5 Å². The number of nitrogens with zero attached hydrogens (tertiary/aromatic N) is 1. The quantitative estimate of drug-likeness (QED) is 0.923. The fraction of sp³-hybridized carbons (Fsp3) is 0.529. The van der Waals surface area contributed by atoms with Crippen molar-refractivity contribution in [2.75, 3.05) is 19.7 Å². The van der Waals surface area contributed by atoms with Gasteiger partial charge in [0.2, 0.25) is 11.8 Å².